The van der Waals surface area contributed by atoms with Crippen molar-refractivity contribution in [3.05, 3.63) is 101 Å². The molecule has 4 rings (SSSR count). The highest BCUT2D eigenvalue weighted by Crippen LogP contribution is 2.44. The highest BCUT2D eigenvalue weighted by molar-refractivity contribution is 6.01. The lowest BCUT2D eigenvalue weighted by molar-refractivity contribution is -0.124. The van der Waals surface area contributed by atoms with Crippen LogP contribution in [0.4, 0.5) is 4.39 Å². The zero-order valence-electron chi connectivity index (χ0n) is 21.6. The van der Waals surface area contributed by atoms with Crippen molar-refractivity contribution in [2.24, 2.45) is 0 Å². The fraction of sp³-hybridized carbons (Fsp3) is 0.333. The van der Waals surface area contributed by atoms with Gasteiger partial charge in [-0.2, -0.15) is 0 Å². The van der Waals surface area contributed by atoms with Crippen molar-refractivity contribution < 1.29 is 18.7 Å². The van der Waals surface area contributed by atoms with Gasteiger partial charge in [0.15, 0.2) is 0 Å². The number of carbonyl (C=O) groups is 2. The lowest BCUT2D eigenvalue weighted by Gasteiger charge is -2.42. The summed E-state index contributed by atoms with van der Waals surface area (Å²) in [6.07, 6.45) is 0. The predicted octanol–water partition coefficient (Wildman–Crippen LogP) is 4.77. The Labute approximate surface area is 218 Å². The number of methoxy groups -OCH3 is 1. The summed E-state index contributed by atoms with van der Waals surface area (Å²) in [6.45, 7) is 7.52. The second-order valence-electron chi connectivity index (χ2n) is 9.16. The molecule has 2 unspecified atom stereocenters. The molecule has 0 aliphatic carbocycles. The molecule has 1 heterocycles. The van der Waals surface area contributed by atoms with Crippen LogP contribution in [0.5, 0.6) is 5.75 Å². The molecule has 1 aliphatic heterocycles. The number of carbonyl (C=O) groups excluding carboxylic acids is 2. The van der Waals surface area contributed by atoms with E-state index in [2.05, 4.69) is 24.1 Å². The molecular weight excluding hydrogens is 469 g/mol. The maximum absolute atomic E-state index is 13.8. The number of nitrogens with one attached hydrogen (secondary N) is 1. The molecule has 2 atom stereocenters. The van der Waals surface area contributed by atoms with Crippen molar-refractivity contribution in [2.75, 3.05) is 33.3 Å². The van der Waals surface area contributed by atoms with Crippen molar-refractivity contribution in [1.29, 1.82) is 0 Å². The van der Waals surface area contributed by atoms with Crippen molar-refractivity contribution in [3.8, 4) is 5.75 Å². The summed E-state index contributed by atoms with van der Waals surface area (Å²) in [4.78, 5) is 31.6. The molecule has 2 amide bonds. The maximum atomic E-state index is 13.8. The van der Waals surface area contributed by atoms with Gasteiger partial charge < -0.3 is 19.9 Å². The number of benzene rings is 3. The molecular formula is C30H34FN3O3. The van der Waals surface area contributed by atoms with E-state index in [1.54, 1.807) is 30.2 Å². The number of nitrogens with zero attached hydrogens (tertiary/aromatic N) is 2. The van der Waals surface area contributed by atoms with Crippen molar-refractivity contribution in [1.82, 2.24) is 15.1 Å². The van der Waals surface area contributed by atoms with Crippen LogP contribution >= 0.6 is 0 Å². The largest absolute Gasteiger partial charge is 0.497 e. The van der Waals surface area contributed by atoms with Crippen molar-refractivity contribution >= 4 is 11.8 Å². The van der Waals surface area contributed by atoms with E-state index in [0.717, 1.165) is 30.8 Å². The second-order valence-corrected chi connectivity index (χ2v) is 9.16. The summed E-state index contributed by atoms with van der Waals surface area (Å²) in [5.41, 5.74) is 2.84. The number of halogens is 1. The summed E-state index contributed by atoms with van der Waals surface area (Å²) < 4.78 is 18.9. The van der Waals surface area contributed by atoms with Gasteiger partial charge in [-0.1, -0.05) is 56.3 Å². The highest BCUT2D eigenvalue weighted by Gasteiger charge is 2.44. The van der Waals surface area contributed by atoms with Crippen molar-refractivity contribution in [3.63, 3.8) is 0 Å². The average Bonchev–Trinajstić information content (AvgIpc) is 2.93. The van der Waals surface area contributed by atoms with Crippen LogP contribution in [-0.4, -0.2) is 54.9 Å². The van der Waals surface area contributed by atoms with Gasteiger partial charge in [-0.3, -0.25) is 9.59 Å². The number of hydrogen-bond acceptors (Lipinski definition) is 4. The highest BCUT2D eigenvalue weighted by atomic mass is 19.1. The Balaban J connectivity index is 1.76. The molecule has 194 valence electrons. The molecule has 3 aromatic rings. The first kappa shape index (κ1) is 26.4. The van der Waals surface area contributed by atoms with Crippen LogP contribution in [-0.2, 0) is 11.3 Å². The van der Waals surface area contributed by atoms with E-state index >= 15 is 0 Å². The SMILES string of the molecule is CCN(CC)CCNC(=O)C1c2ccccc2C(=O)N(Cc2ccc(F)cc2)C1c1ccc(OC)cc1. The second kappa shape index (κ2) is 12.0. The molecule has 0 radical (unpaired) electrons. The lowest BCUT2D eigenvalue weighted by Crippen LogP contribution is -2.48. The predicted molar refractivity (Wildman–Crippen MR) is 142 cm³/mol. The Hall–Kier alpha value is -3.71. The van der Waals surface area contributed by atoms with Gasteiger partial charge in [0.05, 0.1) is 19.1 Å². The Morgan fingerprint density at radius 2 is 1.68 bits per heavy atom. The van der Waals surface area contributed by atoms with Crippen LogP contribution in [0.25, 0.3) is 0 Å². The number of rotatable bonds is 10. The monoisotopic (exact) mass is 503 g/mol. The molecule has 0 aromatic heterocycles. The fourth-order valence-corrected chi connectivity index (χ4v) is 5.00. The van der Waals surface area contributed by atoms with Crippen LogP contribution in [0, 0.1) is 5.82 Å². The third kappa shape index (κ3) is 5.83. The zero-order valence-corrected chi connectivity index (χ0v) is 21.6. The Kier molecular flexibility index (Phi) is 8.56. The summed E-state index contributed by atoms with van der Waals surface area (Å²) >= 11 is 0. The van der Waals surface area contributed by atoms with Crippen LogP contribution in [0.1, 0.15) is 52.9 Å². The third-order valence-corrected chi connectivity index (χ3v) is 7.07. The molecule has 37 heavy (non-hydrogen) atoms. The van der Waals surface area contributed by atoms with Gasteiger partial charge in [0, 0.05) is 25.2 Å². The number of fused-ring (bicyclic) bond motifs is 1. The Morgan fingerprint density at radius 1 is 1.00 bits per heavy atom. The van der Waals surface area contributed by atoms with Gasteiger partial charge in [0.1, 0.15) is 11.6 Å². The first-order valence-corrected chi connectivity index (χ1v) is 12.7. The topological polar surface area (TPSA) is 61.9 Å². The summed E-state index contributed by atoms with van der Waals surface area (Å²) in [5.74, 6) is -0.544. The number of amides is 2. The maximum Gasteiger partial charge on any atom is 0.255 e. The van der Waals surface area contributed by atoms with E-state index in [-0.39, 0.29) is 24.2 Å². The van der Waals surface area contributed by atoms with Gasteiger partial charge in [0.25, 0.3) is 5.91 Å². The van der Waals surface area contributed by atoms with Gasteiger partial charge in [0.2, 0.25) is 5.91 Å². The smallest absolute Gasteiger partial charge is 0.255 e. The number of hydrogen-bond donors (Lipinski definition) is 1. The summed E-state index contributed by atoms with van der Waals surface area (Å²) in [6, 6.07) is 20.4. The normalized spacial score (nSPS) is 17.0. The zero-order chi connectivity index (χ0) is 26.4. The van der Waals surface area contributed by atoms with Gasteiger partial charge in [-0.05, 0) is 60.1 Å². The van der Waals surface area contributed by atoms with E-state index in [1.807, 2.05) is 42.5 Å². The third-order valence-electron chi connectivity index (χ3n) is 7.07. The van der Waals surface area contributed by atoms with E-state index in [9.17, 15) is 14.0 Å². The molecule has 1 aliphatic rings. The average molecular weight is 504 g/mol. The van der Waals surface area contributed by atoms with Gasteiger partial charge >= 0.3 is 0 Å². The quantitative estimate of drug-likeness (QED) is 0.433. The van der Waals surface area contributed by atoms with E-state index in [1.165, 1.54) is 12.1 Å². The molecule has 0 bridgehead atoms. The molecule has 0 spiro atoms. The molecule has 0 fully saturated rings. The number of likely N-dealkylation sites (N-methyl/N-ethyl adjacent to an activating group) is 1. The van der Waals surface area contributed by atoms with E-state index in [4.69, 9.17) is 4.74 Å². The Bertz CT molecular complexity index is 1210. The van der Waals surface area contributed by atoms with Crippen molar-refractivity contribution in [2.45, 2.75) is 32.4 Å². The molecule has 7 heteroatoms. The minimum atomic E-state index is -0.612. The van der Waals surface area contributed by atoms with Crippen LogP contribution in [0.2, 0.25) is 0 Å². The molecule has 1 N–H and O–H groups in total. The van der Waals surface area contributed by atoms with E-state index in [0.29, 0.717) is 23.4 Å². The molecule has 0 saturated heterocycles. The van der Waals surface area contributed by atoms with E-state index < -0.39 is 12.0 Å². The first-order chi connectivity index (χ1) is 18.0. The fourth-order valence-electron chi connectivity index (χ4n) is 5.00. The standard InChI is InChI=1S/C30H34FN3O3/c1-4-33(5-2)19-18-32-29(35)27-25-8-6-7-9-26(25)30(36)34(20-21-10-14-23(31)15-11-21)28(27)22-12-16-24(37-3)17-13-22/h6-17,27-28H,4-5,18-20H2,1-3H3,(H,32,35). The molecule has 6 nitrogen and oxygen atoms in total. The molecule has 0 saturated carbocycles. The van der Waals surface area contributed by atoms with Gasteiger partial charge in [-0.15, -0.1) is 0 Å². The minimum absolute atomic E-state index is 0.128. The summed E-state index contributed by atoms with van der Waals surface area (Å²) in [7, 11) is 1.60. The van der Waals surface area contributed by atoms with Crippen LogP contribution < -0.4 is 10.1 Å². The Morgan fingerprint density at radius 3 is 2.32 bits per heavy atom. The first-order valence-electron chi connectivity index (χ1n) is 12.7. The lowest BCUT2D eigenvalue weighted by atomic mass is 9.79. The van der Waals surface area contributed by atoms with Crippen LogP contribution in [0.3, 0.4) is 0 Å². The van der Waals surface area contributed by atoms with Crippen LogP contribution in [0.15, 0.2) is 72.8 Å². The van der Waals surface area contributed by atoms with Gasteiger partial charge in [-0.25, -0.2) is 4.39 Å². The molecule has 3 aromatic carbocycles. The number of ether oxygens (including phenoxy) is 1. The summed E-state index contributed by atoms with van der Waals surface area (Å²) in [5, 5.41) is 3.13. The minimum Gasteiger partial charge on any atom is -0.497 e.